The molecule has 1 rings (SSSR count). The number of aromatic nitrogens is 1. The zero-order valence-electron chi connectivity index (χ0n) is 7.48. The molecule has 0 bridgehead atoms. The van der Waals surface area contributed by atoms with Gasteiger partial charge in [0, 0.05) is 14.1 Å². The minimum absolute atomic E-state index is 0.116. The number of carboxylic acid groups (broad SMARTS) is 1. The van der Waals surface area contributed by atoms with E-state index in [1.165, 1.54) is 12.3 Å². The highest BCUT2D eigenvalue weighted by Gasteiger charge is 2.12. The lowest BCUT2D eigenvalue weighted by Gasteiger charge is -2.13. The molecule has 0 aliphatic carbocycles. The first kappa shape index (κ1) is 9.31. The average molecular weight is 181 g/mol. The van der Waals surface area contributed by atoms with Crippen LogP contribution in [-0.2, 0) is 0 Å². The Kier molecular flexibility index (Phi) is 2.36. The molecule has 0 fully saturated rings. The molecular weight excluding hydrogens is 170 g/mol. The lowest BCUT2D eigenvalue weighted by Crippen LogP contribution is -2.15. The second-order valence-corrected chi connectivity index (χ2v) is 2.84. The van der Waals surface area contributed by atoms with E-state index < -0.39 is 5.97 Å². The second-order valence-electron chi connectivity index (χ2n) is 2.84. The van der Waals surface area contributed by atoms with Crippen LogP contribution in [0.2, 0.25) is 0 Å². The smallest absolute Gasteiger partial charge is 0.339 e. The zero-order valence-corrected chi connectivity index (χ0v) is 7.48. The van der Waals surface area contributed by atoms with Crippen LogP contribution in [0, 0.1) is 0 Å². The summed E-state index contributed by atoms with van der Waals surface area (Å²) in [6.45, 7) is 0. The number of anilines is 2. The molecule has 0 aromatic carbocycles. The molecule has 0 saturated carbocycles. The first-order valence-electron chi connectivity index (χ1n) is 3.68. The minimum Gasteiger partial charge on any atom is -0.478 e. The van der Waals surface area contributed by atoms with Gasteiger partial charge in [-0.1, -0.05) is 0 Å². The average Bonchev–Trinajstić information content (AvgIpc) is 2.03. The van der Waals surface area contributed by atoms with Crippen molar-refractivity contribution in [1.29, 1.82) is 0 Å². The van der Waals surface area contributed by atoms with Crippen molar-refractivity contribution in [2.24, 2.45) is 0 Å². The molecule has 0 radical (unpaired) electrons. The predicted molar refractivity (Wildman–Crippen MR) is 49.9 cm³/mol. The maximum absolute atomic E-state index is 10.8. The summed E-state index contributed by atoms with van der Waals surface area (Å²) in [5.41, 5.74) is 5.89. The van der Waals surface area contributed by atoms with E-state index in [0.29, 0.717) is 11.5 Å². The summed E-state index contributed by atoms with van der Waals surface area (Å²) in [5.74, 6) is -0.620. The molecule has 0 aliphatic rings. The van der Waals surface area contributed by atoms with Gasteiger partial charge in [-0.15, -0.1) is 0 Å². The number of rotatable bonds is 2. The van der Waals surface area contributed by atoms with Crippen molar-refractivity contribution in [1.82, 2.24) is 4.98 Å². The van der Waals surface area contributed by atoms with Gasteiger partial charge in [0.2, 0.25) is 0 Å². The Bertz CT molecular complexity index is 336. The summed E-state index contributed by atoms with van der Waals surface area (Å²) in [6.07, 6.45) is 1.43. The van der Waals surface area contributed by atoms with E-state index in [-0.39, 0.29) is 5.56 Å². The van der Waals surface area contributed by atoms with E-state index >= 15 is 0 Å². The number of carbonyl (C=O) groups is 1. The Morgan fingerprint density at radius 2 is 2.23 bits per heavy atom. The Morgan fingerprint density at radius 3 is 2.69 bits per heavy atom. The van der Waals surface area contributed by atoms with Gasteiger partial charge < -0.3 is 15.7 Å². The normalized spacial score (nSPS) is 9.69. The number of nitrogens with zero attached hydrogens (tertiary/aromatic N) is 2. The lowest BCUT2D eigenvalue weighted by molar-refractivity contribution is 0.0697. The van der Waals surface area contributed by atoms with E-state index in [1.54, 1.807) is 19.0 Å². The number of pyridine rings is 1. The summed E-state index contributed by atoms with van der Waals surface area (Å²) >= 11 is 0. The van der Waals surface area contributed by atoms with Crippen LogP contribution in [0.1, 0.15) is 10.4 Å². The number of aromatic carboxylic acids is 1. The fraction of sp³-hybridized carbons (Fsp3) is 0.250. The molecule has 0 amide bonds. The van der Waals surface area contributed by atoms with Crippen LogP contribution < -0.4 is 10.6 Å². The Labute approximate surface area is 75.8 Å². The van der Waals surface area contributed by atoms with Crippen LogP contribution >= 0.6 is 0 Å². The first-order chi connectivity index (χ1) is 6.02. The van der Waals surface area contributed by atoms with Crippen LogP contribution in [-0.4, -0.2) is 30.2 Å². The van der Waals surface area contributed by atoms with Crippen molar-refractivity contribution in [3.05, 3.63) is 17.8 Å². The van der Waals surface area contributed by atoms with Crippen molar-refractivity contribution in [3.8, 4) is 0 Å². The Morgan fingerprint density at radius 1 is 1.62 bits per heavy atom. The van der Waals surface area contributed by atoms with Crippen molar-refractivity contribution in [2.45, 2.75) is 0 Å². The van der Waals surface area contributed by atoms with Gasteiger partial charge in [0.15, 0.2) is 0 Å². The summed E-state index contributed by atoms with van der Waals surface area (Å²) in [6, 6.07) is 1.39. The maximum atomic E-state index is 10.8. The summed E-state index contributed by atoms with van der Waals surface area (Å²) in [5, 5.41) is 8.82. The number of nitrogen functional groups attached to an aromatic ring is 1. The van der Waals surface area contributed by atoms with Crippen molar-refractivity contribution < 1.29 is 9.90 Å². The molecule has 5 heteroatoms. The molecule has 0 saturated heterocycles. The van der Waals surface area contributed by atoms with E-state index in [9.17, 15) is 4.79 Å². The van der Waals surface area contributed by atoms with Crippen LogP contribution in [0.25, 0.3) is 0 Å². The third-order valence-corrected chi connectivity index (χ3v) is 1.54. The lowest BCUT2D eigenvalue weighted by atomic mass is 10.2. The van der Waals surface area contributed by atoms with Gasteiger partial charge in [0.05, 0.1) is 11.9 Å². The van der Waals surface area contributed by atoms with Crippen molar-refractivity contribution >= 4 is 17.5 Å². The molecule has 70 valence electrons. The van der Waals surface area contributed by atoms with Gasteiger partial charge in [-0.25, -0.2) is 9.78 Å². The van der Waals surface area contributed by atoms with Gasteiger partial charge in [-0.3, -0.25) is 0 Å². The molecule has 1 heterocycles. The van der Waals surface area contributed by atoms with E-state index in [0.717, 1.165) is 0 Å². The molecule has 0 spiro atoms. The van der Waals surface area contributed by atoms with E-state index in [4.69, 9.17) is 10.8 Å². The predicted octanol–water partition coefficient (Wildman–Crippen LogP) is 0.428. The third kappa shape index (κ3) is 1.87. The third-order valence-electron chi connectivity index (χ3n) is 1.54. The zero-order chi connectivity index (χ0) is 10.0. The van der Waals surface area contributed by atoms with Gasteiger partial charge in [-0.05, 0) is 6.07 Å². The molecule has 0 atom stereocenters. The molecule has 1 aromatic heterocycles. The summed E-state index contributed by atoms with van der Waals surface area (Å²) in [4.78, 5) is 16.3. The highest BCUT2D eigenvalue weighted by atomic mass is 16.4. The Hall–Kier alpha value is -1.78. The number of carboxylic acids is 1. The second kappa shape index (κ2) is 3.30. The van der Waals surface area contributed by atoms with Crippen LogP contribution in [0.3, 0.4) is 0 Å². The van der Waals surface area contributed by atoms with Crippen LogP contribution in [0.15, 0.2) is 12.3 Å². The van der Waals surface area contributed by atoms with E-state index in [2.05, 4.69) is 4.98 Å². The van der Waals surface area contributed by atoms with Crippen LogP contribution in [0.5, 0.6) is 0 Å². The first-order valence-corrected chi connectivity index (χ1v) is 3.68. The minimum atomic E-state index is -1.02. The quantitative estimate of drug-likeness (QED) is 0.691. The standard InChI is InChI=1S/C8H11N3O2/c1-11(2)7-6(8(12)13)3-5(9)4-10-7/h3-4H,9H2,1-2H3,(H,12,13). The molecule has 13 heavy (non-hydrogen) atoms. The number of hydrogen-bond acceptors (Lipinski definition) is 4. The van der Waals surface area contributed by atoms with E-state index in [1.807, 2.05) is 0 Å². The molecular formula is C8H11N3O2. The number of hydrogen-bond donors (Lipinski definition) is 2. The summed E-state index contributed by atoms with van der Waals surface area (Å²) in [7, 11) is 3.45. The maximum Gasteiger partial charge on any atom is 0.339 e. The Balaban J connectivity index is 3.27. The molecule has 3 N–H and O–H groups in total. The SMILES string of the molecule is CN(C)c1ncc(N)cc1C(=O)O. The van der Waals surface area contributed by atoms with Gasteiger partial charge in [-0.2, -0.15) is 0 Å². The van der Waals surface area contributed by atoms with Crippen LogP contribution in [0.4, 0.5) is 11.5 Å². The molecule has 0 unspecified atom stereocenters. The monoisotopic (exact) mass is 181 g/mol. The number of nitrogens with two attached hydrogens (primary N) is 1. The molecule has 5 nitrogen and oxygen atoms in total. The van der Waals surface area contributed by atoms with Crippen molar-refractivity contribution in [3.63, 3.8) is 0 Å². The van der Waals surface area contributed by atoms with Crippen molar-refractivity contribution in [2.75, 3.05) is 24.7 Å². The highest BCUT2D eigenvalue weighted by Crippen LogP contribution is 2.17. The fourth-order valence-electron chi connectivity index (χ4n) is 0.987. The molecule has 1 aromatic rings. The highest BCUT2D eigenvalue weighted by molar-refractivity contribution is 5.94. The molecule has 0 aliphatic heterocycles. The summed E-state index contributed by atoms with van der Waals surface area (Å²) < 4.78 is 0. The van der Waals surface area contributed by atoms with Gasteiger partial charge in [0.25, 0.3) is 0 Å². The van der Waals surface area contributed by atoms with Gasteiger partial charge in [0.1, 0.15) is 11.4 Å². The van der Waals surface area contributed by atoms with Gasteiger partial charge >= 0.3 is 5.97 Å². The largest absolute Gasteiger partial charge is 0.478 e. The fourth-order valence-corrected chi connectivity index (χ4v) is 0.987. The topological polar surface area (TPSA) is 79.5 Å².